The van der Waals surface area contributed by atoms with Crippen molar-refractivity contribution in [2.45, 2.75) is 0 Å². The van der Waals surface area contributed by atoms with E-state index >= 15 is 0 Å². The van der Waals surface area contributed by atoms with Crippen molar-refractivity contribution in [3.8, 4) is 17.0 Å². The lowest BCUT2D eigenvalue weighted by atomic mass is 10.3. The maximum atomic E-state index is 10.6. The van der Waals surface area contributed by atoms with Gasteiger partial charge >= 0.3 is 0 Å². The van der Waals surface area contributed by atoms with Crippen molar-refractivity contribution in [2.24, 2.45) is 0 Å². The van der Waals surface area contributed by atoms with Crippen LogP contribution in [0, 0.1) is 0 Å². The lowest BCUT2D eigenvalue weighted by molar-refractivity contribution is 0.110. The normalized spacial score (nSPS) is 10.4. The van der Waals surface area contributed by atoms with Crippen LogP contribution in [0.3, 0.4) is 0 Å². The van der Waals surface area contributed by atoms with Crippen molar-refractivity contribution in [3.63, 3.8) is 0 Å². The number of rotatable bonds is 3. The first-order valence-electron chi connectivity index (χ1n) is 5.52. The average molecular weight is 238 g/mol. The Kier molecular flexibility index (Phi) is 2.53. The molecule has 0 radical (unpaired) electrons. The zero-order valence-electron chi connectivity index (χ0n) is 9.48. The monoisotopic (exact) mass is 238 g/mol. The minimum atomic E-state index is 0.317. The van der Waals surface area contributed by atoms with Gasteiger partial charge in [0.05, 0.1) is 17.4 Å². The van der Waals surface area contributed by atoms with E-state index in [-0.39, 0.29) is 0 Å². The first kappa shape index (κ1) is 10.5. The molecule has 0 saturated carbocycles. The number of carbonyl (C=O) groups is 1. The molecule has 0 aliphatic carbocycles. The Morgan fingerprint density at radius 3 is 2.67 bits per heavy atom. The molecule has 88 valence electrons. The molecule has 0 saturated heterocycles. The highest BCUT2D eigenvalue weighted by Crippen LogP contribution is 2.21. The maximum absolute atomic E-state index is 10.6. The van der Waals surface area contributed by atoms with Crippen LogP contribution in [0.4, 0.5) is 0 Å². The van der Waals surface area contributed by atoms with Crippen LogP contribution in [-0.4, -0.2) is 16.1 Å². The quantitative estimate of drug-likeness (QED) is 0.659. The molecule has 4 nitrogen and oxygen atoms in total. The fourth-order valence-corrected chi connectivity index (χ4v) is 1.74. The first-order valence-corrected chi connectivity index (χ1v) is 5.52. The van der Waals surface area contributed by atoms with Gasteiger partial charge in [-0.25, -0.2) is 4.68 Å². The van der Waals surface area contributed by atoms with Crippen molar-refractivity contribution in [1.82, 2.24) is 9.78 Å². The molecule has 3 aromatic rings. The number of hydrogen-bond donors (Lipinski definition) is 0. The van der Waals surface area contributed by atoms with E-state index < -0.39 is 0 Å². The number of aromatic nitrogens is 2. The highest BCUT2D eigenvalue weighted by atomic mass is 16.3. The lowest BCUT2D eigenvalue weighted by Gasteiger charge is -1.98. The Bertz CT molecular complexity index is 668. The Morgan fingerprint density at radius 1 is 1.11 bits per heavy atom. The van der Waals surface area contributed by atoms with Gasteiger partial charge < -0.3 is 4.42 Å². The SMILES string of the molecule is O=Cc1ccc(-c2cnn(-c3ccccc3)c2)o1. The molecule has 0 aliphatic heterocycles. The molecular weight excluding hydrogens is 228 g/mol. The predicted octanol–water partition coefficient (Wildman–Crippen LogP) is 2.94. The van der Waals surface area contributed by atoms with Crippen molar-refractivity contribution in [2.75, 3.05) is 0 Å². The van der Waals surface area contributed by atoms with Crippen LogP contribution >= 0.6 is 0 Å². The molecule has 0 aliphatic rings. The lowest BCUT2D eigenvalue weighted by Crippen LogP contribution is -1.92. The van der Waals surface area contributed by atoms with E-state index in [2.05, 4.69) is 5.10 Å². The summed E-state index contributed by atoms with van der Waals surface area (Å²) in [5.74, 6) is 0.955. The van der Waals surface area contributed by atoms with Crippen molar-refractivity contribution >= 4 is 6.29 Å². The van der Waals surface area contributed by atoms with Crippen LogP contribution in [0.1, 0.15) is 10.6 Å². The van der Waals surface area contributed by atoms with Gasteiger partial charge in [0.2, 0.25) is 0 Å². The number of benzene rings is 1. The fourth-order valence-electron chi connectivity index (χ4n) is 1.74. The topological polar surface area (TPSA) is 48.0 Å². The van der Waals surface area contributed by atoms with E-state index in [9.17, 15) is 4.79 Å². The summed E-state index contributed by atoms with van der Waals surface area (Å²) in [6.45, 7) is 0. The molecule has 0 N–H and O–H groups in total. The third-order valence-electron chi connectivity index (χ3n) is 2.63. The molecule has 0 atom stereocenters. The molecule has 0 bridgehead atoms. The van der Waals surface area contributed by atoms with E-state index in [0.29, 0.717) is 17.8 Å². The molecule has 0 amide bonds. The summed E-state index contributed by atoms with van der Waals surface area (Å²) < 4.78 is 7.11. The summed E-state index contributed by atoms with van der Waals surface area (Å²) in [7, 11) is 0. The summed E-state index contributed by atoms with van der Waals surface area (Å²) in [5, 5.41) is 4.27. The predicted molar refractivity (Wildman–Crippen MR) is 66.7 cm³/mol. The van der Waals surface area contributed by atoms with Gasteiger partial charge in [-0.2, -0.15) is 5.10 Å². The summed E-state index contributed by atoms with van der Waals surface area (Å²) in [6, 6.07) is 13.2. The molecule has 2 heterocycles. The van der Waals surface area contributed by atoms with E-state index in [4.69, 9.17) is 4.42 Å². The van der Waals surface area contributed by atoms with Gasteiger partial charge in [-0.3, -0.25) is 4.79 Å². The third kappa shape index (κ3) is 1.84. The molecule has 2 aromatic heterocycles. The number of para-hydroxylation sites is 1. The van der Waals surface area contributed by atoms with Gasteiger partial charge in [0.1, 0.15) is 5.76 Å². The highest BCUT2D eigenvalue weighted by Gasteiger charge is 2.07. The molecule has 0 unspecified atom stereocenters. The number of carbonyl (C=O) groups excluding carboxylic acids is 1. The molecule has 3 rings (SSSR count). The summed E-state index contributed by atoms with van der Waals surface area (Å²) in [5.41, 5.74) is 1.82. The van der Waals surface area contributed by atoms with Crippen LogP contribution in [0.25, 0.3) is 17.0 Å². The molecule has 0 fully saturated rings. The molecule has 0 spiro atoms. The van der Waals surface area contributed by atoms with E-state index in [0.717, 1.165) is 11.3 Å². The standard InChI is InChI=1S/C14H10N2O2/c17-10-13-6-7-14(18-13)11-8-15-16(9-11)12-4-2-1-3-5-12/h1-10H. The number of nitrogens with zero attached hydrogens (tertiary/aromatic N) is 2. The first-order chi connectivity index (χ1) is 8.86. The number of hydrogen-bond acceptors (Lipinski definition) is 3. The van der Waals surface area contributed by atoms with Crippen LogP contribution in [0.5, 0.6) is 0 Å². The molecule has 1 aromatic carbocycles. The van der Waals surface area contributed by atoms with Crippen LogP contribution in [0.2, 0.25) is 0 Å². The van der Waals surface area contributed by atoms with E-state index in [1.807, 2.05) is 36.5 Å². The Hall–Kier alpha value is -2.62. The summed E-state index contributed by atoms with van der Waals surface area (Å²) >= 11 is 0. The van der Waals surface area contributed by atoms with Crippen molar-refractivity contribution in [1.29, 1.82) is 0 Å². The van der Waals surface area contributed by atoms with Crippen LogP contribution < -0.4 is 0 Å². The highest BCUT2D eigenvalue weighted by molar-refractivity contribution is 5.72. The summed E-state index contributed by atoms with van der Waals surface area (Å²) in [4.78, 5) is 10.6. The van der Waals surface area contributed by atoms with Crippen LogP contribution in [0.15, 0.2) is 59.3 Å². The maximum Gasteiger partial charge on any atom is 0.185 e. The fraction of sp³-hybridized carbons (Fsp3) is 0. The number of furan rings is 1. The molecular formula is C14H10N2O2. The van der Waals surface area contributed by atoms with Gasteiger partial charge in [-0.15, -0.1) is 0 Å². The van der Waals surface area contributed by atoms with E-state index in [1.165, 1.54) is 0 Å². The van der Waals surface area contributed by atoms with Crippen LogP contribution in [-0.2, 0) is 0 Å². The largest absolute Gasteiger partial charge is 0.453 e. The van der Waals surface area contributed by atoms with Gasteiger partial charge in [-0.05, 0) is 24.3 Å². The molecule has 4 heteroatoms. The number of aldehydes is 1. The van der Waals surface area contributed by atoms with Gasteiger partial charge in [0, 0.05) is 6.20 Å². The van der Waals surface area contributed by atoms with Crippen molar-refractivity contribution in [3.05, 3.63) is 60.6 Å². The Labute approximate surface area is 103 Å². The average Bonchev–Trinajstić information content (AvgIpc) is 3.08. The third-order valence-corrected chi connectivity index (χ3v) is 2.63. The minimum Gasteiger partial charge on any atom is -0.453 e. The Balaban J connectivity index is 1.96. The van der Waals surface area contributed by atoms with Crippen molar-refractivity contribution < 1.29 is 9.21 Å². The van der Waals surface area contributed by atoms with E-state index in [1.54, 1.807) is 23.0 Å². The Morgan fingerprint density at radius 2 is 1.94 bits per heavy atom. The summed E-state index contributed by atoms with van der Waals surface area (Å²) in [6.07, 6.45) is 4.26. The van der Waals surface area contributed by atoms with Gasteiger partial charge in [-0.1, -0.05) is 18.2 Å². The second-order valence-electron chi connectivity index (χ2n) is 3.83. The second kappa shape index (κ2) is 4.33. The zero-order valence-corrected chi connectivity index (χ0v) is 9.48. The minimum absolute atomic E-state index is 0.317. The van der Waals surface area contributed by atoms with Gasteiger partial charge in [0.15, 0.2) is 12.0 Å². The second-order valence-corrected chi connectivity index (χ2v) is 3.83. The van der Waals surface area contributed by atoms with Gasteiger partial charge in [0.25, 0.3) is 0 Å². The molecule has 18 heavy (non-hydrogen) atoms. The zero-order chi connectivity index (χ0) is 12.4. The smallest absolute Gasteiger partial charge is 0.185 e.